The highest BCUT2D eigenvalue weighted by molar-refractivity contribution is 7.99. The average Bonchev–Trinajstić information content (AvgIpc) is 2.93. The Hall–Kier alpha value is -4.36. The van der Waals surface area contributed by atoms with Gasteiger partial charge in [0.1, 0.15) is 5.75 Å². The first kappa shape index (κ1) is 23.4. The van der Waals surface area contributed by atoms with Crippen LogP contribution in [0.1, 0.15) is 0 Å². The second-order valence-corrected chi connectivity index (χ2v) is 8.94. The number of hydrogen-bond acceptors (Lipinski definition) is 5. The highest BCUT2D eigenvalue weighted by Gasteiger charge is 2.16. The monoisotopic (exact) mass is 493 g/mol. The fourth-order valence-electron chi connectivity index (χ4n) is 3.95. The van der Waals surface area contributed by atoms with E-state index in [9.17, 15) is 9.59 Å². The van der Waals surface area contributed by atoms with Crippen LogP contribution in [-0.2, 0) is 4.79 Å². The molecule has 1 N–H and O–H groups in total. The molecule has 36 heavy (non-hydrogen) atoms. The van der Waals surface area contributed by atoms with Crippen molar-refractivity contribution in [3.05, 3.63) is 113 Å². The molecule has 6 nitrogen and oxygen atoms in total. The minimum absolute atomic E-state index is 0.0874. The molecule has 0 atom stereocenters. The number of anilines is 1. The second kappa shape index (κ2) is 10.5. The summed E-state index contributed by atoms with van der Waals surface area (Å²) in [5, 5.41) is 3.97. The number of hydrogen-bond donors (Lipinski definition) is 1. The van der Waals surface area contributed by atoms with Crippen LogP contribution in [0.2, 0.25) is 0 Å². The summed E-state index contributed by atoms with van der Waals surface area (Å²) in [4.78, 5) is 31.1. The van der Waals surface area contributed by atoms with Gasteiger partial charge in [-0.3, -0.25) is 14.2 Å². The van der Waals surface area contributed by atoms with E-state index in [1.54, 1.807) is 43.5 Å². The van der Waals surface area contributed by atoms with Crippen LogP contribution in [0.15, 0.2) is 113 Å². The van der Waals surface area contributed by atoms with Crippen molar-refractivity contribution < 1.29 is 9.53 Å². The summed E-state index contributed by atoms with van der Waals surface area (Å²) in [6.07, 6.45) is 0. The van der Waals surface area contributed by atoms with Crippen LogP contribution in [0.4, 0.5) is 5.69 Å². The van der Waals surface area contributed by atoms with Gasteiger partial charge >= 0.3 is 0 Å². The summed E-state index contributed by atoms with van der Waals surface area (Å²) in [5.74, 6) is 0.586. The number of rotatable bonds is 7. The number of carbonyl (C=O) groups excluding carboxylic acids is 1. The summed E-state index contributed by atoms with van der Waals surface area (Å²) in [7, 11) is 1.59. The Morgan fingerprint density at radius 2 is 1.58 bits per heavy atom. The van der Waals surface area contributed by atoms with Crippen LogP contribution < -0.4 is 15.6 Å². The molecule has 0 aliphatic rings. The lowest BCUT2D eigenvalue weighted by molar-refractivity contribution is -0.113. The zero-order valence-corrected chi connectivity index (χ0v) is 20.4. The van der Waals surface area contributed by atoms with E-state index in [4.69, 9.17) is 9.72 Å². The summed E-state index contributed by atoms with van der Waals surface area (Å²) < 4.78 is 6.79. The molecule has 0 aliphatic carbocycles. The first-order chi connectivity index (χ1) is 17.6. The van der Waals surface area contributed by atoms with Crippen molar-refractivity contribution in [3.8, 4) is 22.6 Å². The minimum atomic E-state index is -0.192. The number of methoxy groups -OCH3 is 1. The number of aromatic nitrogens is 2. The number of benzene rings is 4. The summed E-state index contributed by atoms with van der Waals surface area (Å²) in [6, 6.07) is 32.0. The molecule has 0 saturated heterocycles. The first-order valence-corrected chi connectivity index (χ1v) is 12.4. The molecule has 0 unspecified atom stereocenters. The van der Waals surface area contributed by atoms with E-state index in [0.29, 0.717) is 27.5 Å². The number of para-hydroxylation sites is 2. The van der Waals surface area contributed by atoms with Gasteiger partial charge in [0.15, 0.2) is 5.16 Å². The molecule has 5 rings (SSSR count). The van der Waals surface area contributed by atoms with E-state index in [0.717, 1.165) is 16.8 Å². The van der Waals surface area contributed by atoms with Gasteiger partial charge in [0, 0.05) is 11.3 Å². The third-order valence-electron chi connectivity index (χ3n) is 5.69. The molecular weight excluding hydrogens is 470 g/mol. The van der Waals surface area contributed by atoms with E-state index < -0.39 is 0 Å². The van der Waals surface area contributed by atoms with Gasteiger partial charge < -0.3 is 10.1 Å². The SMILES string of the molecule is COc1ccc(-n2c(SCC(=O)Nc3ccccc3-c3ccccc3)nc3ccccc3c2=O)cc1. The second-order valence-electron chi connectivity index (χ2n) is 8.00. The standard InChI is InChI=1S/C29H23N3O3S/c1-35-22-17-15-21(16-18-22)32-28(34)24-12-6-8-14-26(24)31-29(32)36-19-27(33)30-25-13-7-5-11-23(25)20-9-3-2-4-10-20/h2-18H,19H2,1H3,(H,30,33). The Morgan fingerprint density at radius 3 is 2.36 bits per heavy atom. The van der Waals surface area contributed by atoms with E-state index in [2.05, 4.69) is 5.32 Å². The van der Waals surface area contributed by atoms with Crippen molar-refractivity contribution >= 4 is 34.3 Å². The van der Waals surface area contributed by atoms with E-state index in [-0.39, 0.29) is 17.2 Å². The maximum atomic E-state index is 13.4. The quantitative estimate of drug-likeness (QED) is 0.229. The van der Waals surface area contributed by atoms with Crippen LogP contribution >= 0.6 is 11.8 Å². The van der Waals surface area contributed by atoms with Crippen LogP contribution in [-0.4, -0.2) is 28.3 Å². The molecule has 1 aromatic heterocycles. The van der Waals surface area contributed by atoms with Gasteiger partial charge in [0.05, 0.1) is 29.5 Å². The molecule has 0 fully saturated rings. The predicted molar refractivity (Wildman–Crippen MR) is 145 cm³/mol. The van der Waals surface area contributed by atoms with Gasteiger partial charge in [-0.15, -0.1) is 0 Å². The van der Waals surface area contributed by atoms with Gasteiger partial charge in [-0.2, -0.15) is 0 Å². The molecule has 0 radical (unpaired) electrons. The Bertz CT molecular complexity index is 1580. The number of amides is 1. The molecule has 0 aliphatic heterocycles. The molecule has 0 bridgehead atoms. The van der Waals surface area contributed by atoms with Gasteiger partial charge in [-0.1, -0.05) is 72.4 Å². The molecule has 1 amide bonds. The number of carbonyl (C=O) groups is 1. The van der Waals surface area contributed by atoms with Crippen molar-refractivity contribution in [2.45, 2.75) is 5.16 Å². The lowest BCUT2D eigenvalue weighted by Crippen LogP contribution is -2.23. The Kier molecular flexibility index (Phi) is 6.82. The lowest BCUT2D eigenvalue weighted by atomic mass is 10.0. The third-order valence-corrected chi connectivity index (χ3v) is 6.63. The number of nitrogens with one attached hydrogen (secondary N) is 1. The maximum absolute atomic E-state index is 13.4. The molecule has 0 saturated carbocycles. The highest BCUT2D eigenvalue weighted by Crippen LogP contribution is 2.28. The minimum Gasteiger partial charge on any atom is -0.497 e. The van der Waals surface area contributed by atoms with Crippen LogP contribution in [0.5, 0.6) is 5.75 Å². The lowest BCUT2D eigenvalue weighted by Gasteiger charge is -2.14. The van der Waals surface area contributed by atoms with Crippen molar-refractivity contribution in [1.82, 2.24) is 9.55 Å². The molecule has 0 spiro atoms. The fraction of sp³-hybridized carbons (Fsp3) is 0.0690. The third kappa shape index (κ3) is 4.87. The number of fused-ring (bicyclic) bond motifs is 1. The molecule has 178 valence electrons. The van der Waals surface area contributed by atoms with Crippen molar-refractivity contribution in [2.75, 3.05) is 18.2 Å². The smallest absolute Gasteiger partial charge is 0.266 e. The Balaban J connectivity index is 1.44. The maximum Gasteiger partial charge on any atom is 0.266 e. The number of thioether (sulfide) groups is 1. The molecule has 5 aromatic rings. The van der Waals surface area contributed by atoms with Crippen molar-refractivity contribution in [2.24, 2.45) is 0 Å². The number of ether oxygens (including phenoxy) is 1. The van der Waals surface area contributed by atoms with E-state index >= 15 is 0 Å². The van der Waals surface area contributed by atoms with Gasteiger partial charge in [0.25, 0.3) is 5.56 Å². The fourth-order valence-corrected chi connectivity index (χ4v) is 4.76. The Labute approximate surface area is 212 Å². The Morgan fingerprint density at radius 1 is 0.889 bits per heavy atom. The molecule has 7 heteroatoms. The van der Waals surface area contributed by atoms with Crippen LogP contribution in [0.25, 0.3) is 27.7 Å². The van der Waals surface area contributed by atoms with Crippen molar-refractivity contribution in [3.63, 3.8) is 0 Å². The summed E-state index contributed by atoms with van der Waals surface area (Å²) in [6.45, 7) is 0. The van der Waals surface area contributed by atoms with E-state index in [1.165, 1.54) is 16.3 Å². The first-order valence-electron chi connectivity index (χ1n) is 11.4. The average molecular weight is 494 g/mol. The summed E-state index contributed by atoms with van der Waals surface area (Å²) in [5.41, 5.74) is 3.73. The topological polar surface area (TPSA) is 73.2 Å². The predicted octanol–water partition coefficient (Wildman–Crippen LogP) is 5.79. The van der Waals surface area contributed by atoms with Gasteiger partial charge in [-0.05, 0) is 48.0 Å². The van der Waals surface area contributed by atoms with E-state index in [1.807, 2.05) is 66.7 Å². The van der Waals surface area contributed by atoms with Gasteiger partial charge in [-0.25, -0.2) is 4.98 Å². The van der Waals surface area contributed by atoms with Gasteiger partial charge in [0.2, 0.25) is 5.91 Å². The molecule has 1 heterocycles. The highest BCUT2D eigenvalue weighted by atomic mass is 32.2. The summed E-state index contributed by atoms with van der Waals surface area (Å²) >= 11 is 1.22. The molecule has 4 aromatic carbocycles. The van der Waals surface area contributed by atoms with Crippen molar-refractivity contribution in [1.29, 1.82) is 0 Å². The van der Waals surface area contributed by atoms with Crippen LogP contribution in [0, 0.1) is 0 Å². The zero-order valence-electron chi connectivity index (χ0n) is 19.5. The molecular formula is C29H23N3O3S. The van der Waals surface area contributed by atoms with Crippen LogP contribution in [0.3, 0.4) is 0 Å². The largest absolute Gasteiger partial charge is 0.497 e. The number of nitrogens with zero attached hydrogens (tertiary/aromatic N) is 2. The zero-order chi connectivity index (χ0) is 24.9. The normalized spacial score (nSPS) is 10.8.